The minimum Gasteiger partial charge on any atom is -0.481 e. The van der Waals surface area contributed by atoms with Crippen LogP contribution >= 0.6 is 0 Å². The van der Waals surface area contributed by atoms with Gasteiger partial charge in [0.05, 0.1) is 6.61 Å². The van der Waals surface area contributed by atoms with Crippen LogP contribution < -0.4 is 0 Å². The standard InChI is InChI=1S/C8H16O2.C6H10O4/c1-2-3-4-5-6-7-8(9)10;1-4(7)6(8)10-3-5-2-9-5/h2-7H2,1H3,(H,9,10);4-5,7H,2-3H2,1H3. The predicted molar refractivity (Wildman–Crippen MR) is 73.4 cm³/mol. The van der Waals surface area contributed by atoms with E-state index in [0.717, 1.165) is 12.8 Å². The fraction of sp³-hybridized carbons (Fsp3) is 0.857. The van der Waals surface area contributed by atoms with Crippen molar-refractivity contribution in [3.63, 3.8) is 0 Å². The summed E-state index contributed by atoms with van der Waals surface area (Å²) in [5.74, 6) is -1.26. The van der Waals surface area contributed by atoms with Gasteiger partial charge >= 0.3 is 11.9 Å². The second kappa shape index (κ2) is 11.7. The molecule has 1 saturated heterocycles. The van der Waals surface area contributed by atoms with Crippen LogP contribution in [0.5, 0.6) is 0 Å². The van der Waals surface area contributed by atoms with E-state index < -0.39 is 18.0 Å². The summed E-state index contributed by atoms with van der Waals surface area (Å²) in [6.45, 7) is 4.45. The molecule has 0 aromatic rings. The van der Waals surface area contributed by atoms with Gasteiger partial charge < -0.3 is 19.7 Å². The molecule has 2 N–H and O–H groups in total. The summed E-state index contributed by atoms with van der Waals surface area (Å²) < 4.78 is 9.39. The van der Waals surface area contributed by atoms with Gasteiger partial charge in [-0.05, 0) is 13.3 Å². The van der Waals surface area contributed by atoms with Crippen molar-refractivity contribution in [3.8, 4) is 0 Å². The van der Waals surface area contributed by atoms with Crippen LogP contribution in [0.15, 0.2) is 0 Å². The molecule has 0 saturated carbocycles. The van der Waals surface area contributed by atoms with Crippen LogP contribution in [0, 0.1) is 0 Å². The summed E-state index contributed by atoms with van der Waals surface area (Å²) in [4.78, 5) is 20.6. The molecule has 2 atom stereocenters. The van der Waals surface area contributed by atoms with Gasteiger partial charge in [0, 0.05) is 6.42 Å². The molecule has 1 aliphatic heterocycles. The first kappa shape index (κ1) is 18.9. The Bertz CT molecular complexity index is 273. The molecule has 20 heavy (non-hydrogen) atoms. The minimum absolute atomic E-state index is 0.0719. The fourth-order valence-corrected chi connectivity index (χ4v) is 1.34. The van der Waals surface area contributed by atoms with Gasteiger partial charge in [0.2, 0.25) is 0 Å². The van der Waals surface area contributed by atoms with E-state index in [9.17, 15) is 9.59 Å². The van der Waals surface area contributed by atoms with Gasteiger partial charge in [0.15, 0.2) is 0 Å². The van der Waals surface area contributed by atoms with Crippen LogP contribution in [0.25, 0.3) is 0 Å². The minimum atomic E-state index is -1.03. The number of rotatable bonds is 9. The second-order valence-electron chi connectivity index (χ2n) is 4.82. The third-order valence-corrected chi connectivity index (χ3v) is 2.65. The Morgan fingerprint density at radius 2 is 1.90 bits per heavy atom. The SMILES string of the molecule is CC(O)C(=O)OCC1CO1.CCCCCCCC(=O)O. The van der Waals surface area contributed by atoms with Gasteiger partial charge in [0.1, 0.15) is 18.8 Å². The Balaban J connectivity index is 0.000000361. The van der Waals surface area contributed by atoms with Crippen molar-refractivity contribution in [2.45, 2.75) is 64.6 Å². The van der Waals surface area contributed by atoms with E-state index >= 15 is 0 Å². The third-order valence-electron chi connectivity index (χ3n) is 2.65. The van der Waals surface area contributed by atoms with E-state index in [1.54, 1.807) is 0 Å². The maximum absolute atomic E-state index is 10.5. The monoisotopic (exact) mass is 290 g/mol. The maximum Gasteiger partial charge on any atom is 0.334 e. The Kier molecular flexibility index (Phi) is 11.0. The summed E-state index contributed by atoms with van der Waals surface area (Å²) in [5.41, 5.74) is 0. The maximum atomic E-state index is 10.5. The van der Waals surface area contributed by atoms with Crippen molar-refractivity contribution < 1.29 is 29.3 Å². The molecule has 0 aliphatic carbocycles. The summed E-state index contributed by atoms with van der Waals surface area (Å²) in [6, 6.07) is 0. The molecule has 0 spiro atoms. The van der Waals surface area contributed by atoms with E-state index in [1.807, 2.05) is 0 Å². The molecule has 0 aromatic heterocycles. The van der Waals surface area contributed by atoms with Crippen molar-refractivity contribution in [3.05, 3.63) is 0 Å². The molecule has 0 amide bonds. The Morgan fingerprint density at radius 1 is 1.30 bits per heavy atom. The Hall–Kier alpha value is -1.14. The van der Waals surface area contributed by atoms with Crippen molar-refractivity contribution in [2.24, 2.45) is 0 Å². The van der Waals surface area contributed by atoms with Gasteiger partial charge in [-0.3, -0.25) is 4.79 Å². The number of carboxylic acids is 1. The molecule has 1 aliphatic rings. The van der Waals surface area contributed by atoms with Crippen LogP contribution in [0.4, 0.5) is 0 Å². The molecule has 2 unspecified atom stereocenters. The first-order chi connectivity index (χ1) is 9.47. The van der Waals surface area contributed by atoms with Gasteiger partial charge in [0.25, 0.3) is 0 Å². The highest BCUT2D eigenvalue weighted by Gasteiger charge is 2.24. The number of carbonyl (C=O) groups is 2. The van der Waals surface area contributed by atoms with E-state index in [0.29, 0.717) is 13.0 Å². The molecule has 0 radical (unpaired) electrons. The highest BCUT2D eigenvalue weighted by molar-refractivity contribution is 5.73. The molecule has 118 valence electrons. The summed E-state index contributed by atoms with van der Waals surface area (Å²) in [7, 11) is 0. The van der Waals surface area contributed by atoms with Gasteiger partial charge in [-0.25, -0.2) is 4.79 Å². The number of aliphatic carboxylic acids is 1. The number of carboxylic acid groups (broad SMARTS) is 1. The van der Waals surface area contributed by atoms with E-state index in [2.05, 4.69) is 11.7 Å². The van der Waals surface area contributed by atoms with Crippen molar-refractivity contribution >= 4 is 11.9 Å². The molecule has 0 bridgehead atoms. The van der Waals surface area contributed by atoms with Crippen LogP contribution in [0.2, 0.25) is 0 Å². The van der Waals surface area contributed by atoms with E-state index in [-0.39, 0.29) is 12.7 Å². The zero-order valence-corrected chi connectivity index (χ0v) is 12.3. The highest BCUT2D eigenvalue weighted by atomic mass is 16.6. The van der Waals surface area contributed by atoms with Crippen LogP contribution in [0.1, 0.15) is 52.4 Å². The molecular formula is C14H26O6. The lowest BCUT2D eigenvalue weighted by atomic mass is 10.1. The van der Waals surface area contributed by atoms with Crippen LogP contribution in [0.3, 0.4) is 0 Å². The predicted octanol–water partition coefficient (Wildman–Crippen LogP) is 1.74. The summed E-state index contributed by atoms with van der Waals surface area (Å²) >= 11 is 0. The molecule has 1 rings (SSSR count). The van der Waals surface area contributed by atoms with Gasteiger partial charge in [-0.2, -0.15) is 0 Å². The van der Waals surface area contributed by atoms with E-state index in [4.69, 9.17) is 14.9 Å². The number of esters is 1. The summed E-state index contributed by atoms with van der Waals surface area (Å²) in [5, 5.41) is 16.9. The zero-order chi connectivity index (χ0) is 15.4. The summed E-state index contributed by atoms with van der Waals surface area (Å²) in [6.07, 6.45) is 4.93. The van der Waals surface area contributed by atoms with Gasteiger partial charge in [-0.15, -0.1) is 0 Å². The van der Waals surface area contributed by atoms with E-state index in [1.165, 1.54) is 26.2 Å². The Labute approximate surface area is 120 Å². The normalized spacial score (nSPS) is 17.6. The number of carbonyl (C=O) groups excluding carboxylic acids is 1. The van der Waals surface area contributed by atoms with Gasteiger partial charge in [-0.1, -0.05) is 32.6 Å². The number of ether oxygens (including phenoxy) is 2. The molecule has 6 heteroatoms. The number of epoxide rings is 1. The number of aliphatic hydroxyl groups is 1. The smallest absolute Gasteiger partial charge is 0.334 e. The first-order valence-electron chi connectivity index (χ1n) is 7.15. The highest BCUT2D eigenvalue weighted by Crippen LogP contribution is 2.08. The fourth-order valence-electron chi connectivity index (χ4n) is 1.34. The van der Waals surface area contributed by atoms with Crippen molar-refractivity contribution in [2.75, 3.05) is 13.2 Å². The number of hydrogen-bond donors (Lipinski definition) is 2. The third kappa shape index (κ3) is 13.3. The molecule has 1 fully saturated rings. The molecular weight excluding hydrogens is 264 g/mol. The average Bonchev–Trinajstić information content (AvgIpc) is 3.20. The molecule has 6 nitrogen and oxygen atoms in total. The molecule has 1 heterocycles. The molecule has 0 aromatic carbocycles. The zero-order valence-electron chi connectivity index (χ0n) is 12.3. The lowest BCUT2D eigenvalue weighted by molar-refractivity contribution is -0.153. The van der Waals surface area contributed by atoms with Crippen molar-refractivity contribution in [1.29, 1.82) is 0 Å². The van der Waals surface area contributed by atoms with Crippen LogP contribution in [-0.2, 0) is 19.1 Å². The van der Waals surface area contributed by atoms with Crippen molar-refractivity contribution in [1.82, 2.24) is 0 Å². The Morgan fingerprint density at radius 3 is 2.35 bits per heavy atom. The average molecular weight is 290 g/mol. The quantitative estimate of drug-likeness (QED) is 0.381. The lowest BCUT2D eigenvalue weighted by Gasteiger charge is -2.03. The van der Waals surface area contributed by atoms with Crippen LogP contribution in [-0.4, -0.2) is 47.6 Å². The largest absolute Gasteiger partial charge is 0.481 e. The number of aliphatic hydroxyl groups excluding tert-OH is 1. The second-order valence-corrected chi connectivity index (χ2v) is 4.82. The first-order valence-corrected chi connectivity index (χ1v) is 7.15. The topological polar surface area (TPSA) is 96.4 Å². The number of hydrogen-bond acceptors (Lipinski definition) is 5. The number of unbranched alkanes of at least 4 members (excludes halogenated alkanes) is 4. The lowest BCUT2D eigenvalue weighted by Crippen LogP contribution is -2.21.